The van der Waals surface area contributed by atoms with Crippen LogP contribution in [0.15, 0.2) is 53.4 Å². The average molecular weight is 386 g/mol. The van der Waals surface area contributed by atoms with Gasteiger partial charge in [-0.1, -0.05) is 42.8 Å². The standard InChI is InChI=1S/C23H31NO2S/c24-16-22(6-4-5-13-25)21-12-11-19-14-18(9-10-20(19)15-21)17-27(26)23-7-2-1-3-8-23/h1-3,7-8,11-12,15,18,22,25H,4-6,9-10,13-14,16-17,24H2/t18-,22-,27?/m0/s1. The number of nitrogens with two attached hydrogens (primary N) is 1. The molecule has 0 saturated carbocycles. The van der Waals surface area contributed by atoms with Crippen LogP contribution in [0.25, 0.3) is 0 Å². The molecule has 0 spiro atoms. The third-order valence-corrected chi connectivity index (χ3v) is 7.24. The first-order valence-electron chi connectivity index (χ1n) is 10.1. The Morgan fingerprint density at radius 2 is 1.93 bits per heavy atom. The van der Waals surface area contributed by atoms with Gasteiger partial charge < -0.3 is 10.8 Å². The molecule has 27 heavy (non-hydrogen) atoms. The van der Waals surface area contributed by atoms with Gasteiger partial charge in [0.05, 0.1) is 10.8 Å². The third-order valence-electron chi connectivity index (χ3n) is 5.67. The Labute approximate surface area is 165 Å². The molecule has 3 nitrogen and oxygen atoms in total. The van der Waals surface area contributed by atoms with Gasteiger partial charge in [-0.3, -0.25) is 4.21 Å². The Morgan fingerprint density at radius 1 is 1.11 bits per heavy atom. The van der Waals surface area contributed by atoms with Crippen LogP contribution in [0.3, 0.4) is 0 Å². The molecule has 0 radical (unpaired) electrons. The maximum absolute atomic E-state index is 12.6. The molecule has 0 heterocycles. The number of benzene rings is 2. The van der Waals surface area contributed by atoms with Crippen LogP contribution in [0.5, 0.6) is 0 Å². The summed E-state index contributed by atoms with van der Waals surface area (Å²) in [5.74, 6) is 1.61. The van der Waals surface area contributed by atoms with Gasteiger partial charge in [0, 0.05) is 17.3 Å². The fourth-order valence-electron chi connectivity index (χ4n) is 4.05. The normalized spacial score (nSPS) is 18.7. The number of hydrogen-bond donors (Lipinski definition) is 2. The highest BCUT2D eigenvalue weighted by Gasteiger charge is 2.22. The Bertz CT molecular complexity index is 747. The molecule has 4 heteroatoms. The predicted octanol–water partition coefficient (Wildman–Crippen LogP) is 3.80. The van der Waals surface area contributed by atoms with Gasteiger partial charge in [0.1, 0.15) is 0 Å². The van der Waals surface area contributed by atoms with E-state index in [1.807, 2.05) is 30.3 Å². The Hall–Kier alpha value is -1.49. The van der Waals surface area contributed by atoms with Crippen molar-refractivity contribution < 1.29 is 9.32 Å². The first-order chi connectivity index (χ1) is 13.2. The van der Waals surface area contributed by atoms with Gasteiger partial charge in [0.2, 0.25) is 0 Å². The summed E-state index contributed by atoms with van der Waals surface area (Å²) in [6.45, 7) is 0.913. The number of hydrogen-bond acceptors (Lipinski definition) is 3. The molecule has 0 saturated heterocycles. The molecular weight excluding hydrogens is 354 g/mol. The summed E-state index contributed by atoms with van der Waals surface area (Å²) >= 11 is 0. The Morgan fingerprint density at radius 3 is 2.67 bits per heavy atom. The highest BCUT2D eigenvalue weighted by atomic mass is 32.2. The number of rotatable bonds is 9. The first-order valence-corrected chi connectivity index (χ1v) is 11.4. The monoisotopic (exact) mass is 385 g/mol. The van der Waals surface area contributed by atoms with Crippen LogP contribution < -0.4 is 5.73 Å². The zero-order chi connectivity index (χ0) is 19.1. The van der Waals surface area contributed by atoms with Gasteiger partial charge in [-0.2, -0.15) is 0 Å². The highest BCUT2D eigenvalue weighted by Crippen LogP contribution is 2.31. The summed E-state index contributed by atoms with van der Waals surface area (Å²) in [5, 5.41) is 8.99. The third kappa shape index (κ3) is 5.50. The lowest BCUT2D eigenvalue weighted by molar-refractivity contribution is 0.281. The quantitative estimate of drug-likeness (QED) is 0.645. The van der Waals surface area contributed by atoms with Gasteiger partial charge in [-0.05, 0) is 79.3 Å². The lowest BCUT2D eigenvalue weighted by Crippen LogP contribution is -2.21. The summed E-state index contributed by atoms with van der Waals surface area (Å²) in [5.41, 5.74) is 10.2. The van der Waals surface area contributed by atoms with Gasteiger partial charge in [0.15, 0.2) is 0 Å². The fourth-order valence-corrected chi connectivity index (χ4v) is 5.42. The van der Waals surface area contributed by atoms with Crippen molar-refractivity contribution in [2.45, 2.75) is 49.3 Å². The van der Waals surface area contributed by atoms with Crippen molar-refractivity contribution >= 4 is 10.8 Å². The molecule has 3 rings (SSSR count). The molecule has 0 aliphatic heterocycles. The minimum Gasteiger partial charge on any atom is -0.396 e. The number of aliphatic hydroxyl groups is 1. The molecule has 0 amide bonds. The van der Waals surface area contributed by atoms with E-state index in [9.17, 15) is 4.21 Å². The van der Waals surface area contributed by atoms with Gasteiger partial charge in [-0.25, -0.2) is 0 Å². The molecule has 0 bridgehead atoms. The Kier molecular flexibility index (Phi) is 7.62. The van der Waals surface area contributed by atoms with Crippen LogP contribution in [0.2, 0.25) is 0 Å². The van der Waals surface area contributed by atoms with Crippen molar-refractivity contribution in [1.29, 1.82) is 0 Å². The van der Waals surface area contributed by atoms with Gasteiger partial charge in [0.25, 0.3) is 0 Å². The second-order valence-electron chi connectivity index (χ2n) is 7.61. The lowest BCUT2D eigenvalue weighted by atomic mass is 9.82. The molecule has 0 aromatic heterocycles. The summed E-state index contributed by atoms with van der Waals surface area (Å²) in [4.78, 5) is 0.937. The molecule has 2 aromatic carbocycles. The lowest BCUT2D eigenvalue weighted by Gasteiger charge is -2.26. The van der Waals surface area contributed by atoms with Crippen molar-refractivity contribution in [2.24, 2.45) is 11.7 Å². The number of fused-ring (bicyclic) bond motifs is 1. The summed E-state index contributed by atoms with van der Waals surface area (Å²) < 4.78 is 12.6. The van der Waals surface area contributed by atoms with E-state index < -0.39 is 10.8 Å². The van der Waals surface area contributed by atoms with Crippen LogP contribution in [0.1, 0.15) is 48.3 Å². The van der Waals surface area contributed by atoms with Crippen LogP contribution in [-0.4, -0.2) is 28.2 Å². The second-order valence-corrected chi connectivity index (χ2v) is 9.11. The maximum atomic E-state index is 12.6. The van der Waals surface area contributed by atoms with Gasteiger partial charge in [-0.15, -0.1) is 0 Å². The Balaban J connectivity index is 1.62. The zero-order valence-electron chi connectivity index (χ0n) is 16.0. The molecule has 1 unspecified atom stereocenters. The highest BCUT2D eigenvalue weighted by molar-refractivity contribution is 7.85. The zero-order valence-corrected chi connectivity index (χ0v) is 16.8. The summed E-state index contributed by atoms with van der Waals surface area (Å²) in [6, 6.07) is 16.6. The molecular formula is C23H31NO2S. The van der Waals surface area contributed by atoms with E-state index in [1.165, 1.54) is 16.7 Å². The van der Waals surface area contributed by atoms with Crippen LogP contribution in [0, 0.1) is 5.92 Å². The van der Waals surface area contributed by atoms with Crippen LogP contribution in [0.4, 0.5) is 0 Å². The average Bonchev–Trinajstić information content (AvgIpc) is 2.71. The smallest absolute Gasteiger partial charge is 0.0532 e. The molecule has 1 aliphatic carbocycles. The minimum absolute atomic E-state index is 0.257. The van der Waals surface area contributed by atoms with Crippen molar-refractivity contribution in [2.75, 3.05) is 18.9 Å². The predicted molar refractivity (Wildman–Crippen MR) is 112 cm³/mol. The number of aryl methyl sites for hydroxylation is 1. The molecule has 0 fully saturated rings. The second kappa shape index (κ2) is 10.2. The van der Waals surface area contributed by atoms with E-state index in [4.69, 9.17) is 10.8 Å². The van der Waals surface area contributed by atoms with E-state index in [-0.39, 0.29) is 6.61 Å². The molecule has 2 aromatic rings. The van der Waals surface area contributed by atoms with Crippen LogP contribution in [-0.2, 0) is 23.6 Å². The van der Waals surface area contributed by atoms with Crippen molar-refractivity contribution in [3.63, 3.8) is 0 Å². The maximum Gasteiger partial charge on any atom is 0.0532 e. The van der Waals surface area contributed by atoms with E-state index >= 15 is 0 Å². The molecule has 146 valence electrons. The van der Waals surface area contributed by atoms with E-state index in [0.29, 0.717) is 18.4 Å². The topological polar surface area (TPSA) is 63.3 Å². The van der Waals surface area contributed by atoms with Crippen LogP contribution >= 0.6 is 0 Å². The summed E-state index contributed by atoms with van der Waals surface area (Å²) in [6.07, 6.45) is 6.09. The molecule has 3 N–H and O–H groups in total. The van der Waals surface area contributed by atoms with Gasteiger partial charge >= 0.3 is 0 Å². The van der Waals surface area contributed by atoms with Crippen molar-refractivity contribution in [3.05, 3.63) is 65.2 Å². The summed E-state index contributed by atoms with van der Waals surface area (Å²) in [7, 11) is -0.913. The number of unbranched alkanes of at least 4 members (excludes halogenated alkanes) is 1. The minimum atomic E-state index is -0.913. The molecule has 1 aliphatic rings. The van der Waals surface area contributed by atoms with E-state index in [2.05, 4.69) is 18.2 Å². The van der Waals surface area contributed by atoms with Crippen molar-refractivity contribution in [3.8, 4) is 0 Å². The largest absolute Gasteiger partial charge is 0.396 e. The SMILES string of the molecule is NC[C@H](CCCCO)c1ccc2c(c1)CC[C@H](CS(=O)c1ccccc1)C2. The number of aliphatic hydroxyl groups excluding tert-OH is 1. The fraction of sp³-hybridized carbons (Fsp3) is 0.478. The molecule has 3 atom stereocenters. The van der Waals surface area contributed by atoms with Crippen molar-refractivity contribution in [1.82, 2.24) is 0 Å². The van der Waals surface area contributed by atoms with E-state index in [1.54, 1.807) is 0 Å². The van der Waals surface area contributed by atoms with E-state index in [0.717, 1.165) is 49.2 Å². The first kappa shape index (κ1) is 20.2.